The number of thioether (sulfide) groups is 1. The van der Waals surface area contributed by atoms with E-state index in [-0.39, 0.29) is 0 Å². The van der Waals surface area contributed by atoms with Crippen molar-refractivity contribution in [2.45, 2.75) is 18.6 Å². The van der Waals surface area contributed by atoms with Crippen LogP contribution in [-0.2, 0) is 0 Å². The molecule has 2 rings (SSSR count). The molecular formula is C11H15BrN2S. The van der Waals surface area contributed by atoms with Crippen LogP contribution in [-0.4, -0.2) is 29.1 Å². The van der Waals surface area contributed by atoms with Gasteiger partial charge in [-0.25, -0.2) is 0 Å². The van der Waals surface area contributed by atoms with Crippen molar-refractivity contribution in [1.82, 2.24) is 4.98 Å². The first kappa shape index (κ1) is 11.3. The molecule has 82 valence electrons. The van der Waals surface area contributed by atoms with Gasteiger partial charge in [-0.3, -0.25) is 4.98 Å². The first-order chi connectivity index (χ1) is 7.31. The van der Waals surface area contributed by atoms with Gasteiger partial charge < -0.3 is 4.90 Å². The van der Waals surface area contributed by atoms with Crippen molar-refractivity contribution in [3.63, 3.8) is 0 Å². The summed E-state index contributed by atoms with van der Waals surface area (Å²) >= 11 is 5.66. The van der Waals surface area contributed by atoms with Gasteiger partial charge >= 0.3 is 0 Å². The van der Waals surface area contributed by atoms with Crippen molar-refractivity contribution in [1.29, 1.82) is 0 Å². The Labute approximate surface area is 104 Å². The van der Waals surface area contributed by atoms with E-state index < -0.39 is 0 Å². The highest BCUT2D eigenvalue weighted by molar-refractivity contribution is 9.10. The van der Waals surface area contributed by atoms with Crippen LogP contribution >= 0.6 is 27.7 Å². The second-order valence-electron chi connectivity index (χ2n) is 3.67. The average molecular weight is 287 g/mol. The number of nitrogens with zero attached hydrogens (tertiary/aromatic N) is 2. The van der Waals surface area contributed by atoms with Gasteiger partial charge in [-0.05, 0) is 28.4 Å². The van der Waals surface area contributed by atoms with E-state index in [1.165, 1.54) is 17.9 Å². The van der Waals surface area contributed by atoms with Gasteiger partial charge in [-0.15, -0.1) is 0 Å². The summed E-state index contributed by atoms with van der Waals surface area (Å²) in [5.41, 5.74) is 1.28. The molecule has 15 heavy (non-hydrogen) atoms. The maximum atomic E-state index is 4.10. The molecule has 0 aliphatic carbocycles. The predicted molar refractivity (Wildman–Crippen MR) is 70.7 cm³/mol. The molecule has 2 heterocycles. The van der Waals surface area contributed by atoms with Crippen LogP contribution in [0.15, 0.2) is 22.9 Å². The number of hydrogen-bond acceptors (Lipinski definition) is 3. The van der Waals surface area contributed by atoms with Crippen molar-refractivity contribution >= 4 is 33.4 Å². The molecule has 2 nitrogen and oxygen atoms in total. The second-order valence-corrected chi connectivity index (χ2v) is 5.94. The minimum atomic E-state index is 0.777. The molecule has 1 aromatic heterocycles. The molecule has 1 aliphatic heterocycles. The Hall–Kier alpha value is -0.220. The maximum absolute atomic E-state index is 4.10. The van der Waals surface area contributed by atoms with Gasteiger partial charge in [0.05, 0.1) is 10.2 Å². The van der Waals surface area contributed by atoms with Crippen LogP contribution in [0.5, 0.6) is 0 Å². The van der Waals surface area contributed by atoms with Crippen LogP contribution < -0.4 is 4.90 Å². The fourth-order valence-electron chi connectivity index (χ4n) is 1.81. The minimum absolute atomic E-state index is 0.777. The number of rotatable bonds is 2. The molecule has 1 aliphatic rings. The van der Waals surface area contributed by atoms with Gasteiger partial charge in [0, 0.05) is 36.5 Å². The van der Waals surface area contributed by atoms with Gasteiger partial charge in [0.25, 0.3) is 0 Å². The summed E-state index contributed by atoms with van der Waals surface area (Å²) in [6.45, 7) is 4.57. The van der Waals surface area contributed by atoms with Gasteiger partial charge in [0.1, 0.15) is 0 Å². The second kappa shape index (κ2) is 5.21. The molecule has 0 bridgehead atoms. The molecule has 0 saturated carbocycles. The van der Waals surface area contributed by atoms with E-state index in [4.69, 9.17) is 0 Å². The zero-order chi connectivity index (χ0) is 10.7. The van der Waals surface area contributed by atoms with E-state index in [0.29, 0.717) is 0 Å². The largest absolute Gasteiger partial charge is 0.369 e. The predicted octanol–water partition coefficient (Wildman–Crippen LogP) is 3.18. The smallest absolute Gasteiger partial charge is 0.0592 e. The third kappa shape index (κ3) is 2.67. The number of pyridine rings is 1. The standard InChI is InChI=1S/C11H15BrN2S/c1-2-9-8-14(5-6-15-9)11-3-4-13-7-10(11)12/h3-4,7,9H,2,5-6,8H2,1H3. The van der Waals surface area contributed by atoms with E-state index in [1.807, 2.05) is 12.4 Å². The molecule has 0 N–H and O–H groups in total. The van der Waals surface area contributed by atoms with E-state index in [1.54, 1.807) is 0 Å². The van der Waals surface area contributed by atoms with E-state index in [0.717, 1.165) is 22.8 Å². The summed E-state index contributed by atoms with van der Waals surface area (Å²) in [4.78, 5) is 6.55. The number of anilines is 1. The highest BCUT2D eigenvalue weighted by Crippen LogP contribution is 2.30. The third-order valence-corrected chi connectivity index (χ3v) is 4.67. The molecule has 0 radical (unpaired) electrons. The summed E-state index contributed by atoms with van der Waals surface area (Å²) in [7, 11) is 0. The van der Waals surface area contributed by atoms with Gasteiger partial charge in [-0.2, -0.15) is 11.8 Å². The number of aromatic nitrogens is 1. The summed E-state index contributed by atoms with van der Waals surface area (Å²) in [6.07, 6.45) is 4.99. The van der Waals surface area contributed by atoms with Crippen LogP contribution in [0.3, 0.4) is 0 Å². The molecule has 1 fully saturated rings. The normalized spacial score (nSPS) is 21.7. The summed E-state index contributed by atoms with van der Waals surface area (Å²) in [5, 5.41) is 0.777. The lowest BCUT2D eigenvalue weighted by atomic mass is 10.2. The maximum Gasteiger partial charge on any atom is 0.0592 e. The Morgan fingerprint density at radius 2 is 2.53 bits per heavy atom. The highest BCUT2D eigenvalue weighted by atomic mass is 79.9. The topological polar surface area (TPSA) is 16.1 Å². The molecule has 1 aromatic rings. The first-order valence-electron chi connectivity index (χ1n) is 5.27. The molecule has 0 amide bonds. The zero-order valence-corrected chi connectivity index (χ0v) is 11.2. The van der Waals surface area contributed by atoms with Gasteiger partial charge in [0.2, 0.25) is 0 Å². The number of halogens is 1. The van der Waals surface area contributed by atoms with Gasteiger partial charge in [-0.1, -0.05) is 6.92 Å². The Balaban J connectivity index is 2.13. The van der Waals surface area contributed by atoms with Crippen LogP contribution in [0.25, 0.3) is 0 Å². The summed E-state index contributed by atoms with van der Waals surface area (Å²) in [6, 6.07) is 2.09. The quantitative estimate of drug-likeness (QED) is 0.831. The SMILES string of the molecule is CCC1CN(c2ccncc2Br)CCS1. The lowest BCUT2D eigenvalue weighted by Gasteiger charge is -2.34. The van der Waals surface area contributed by atoms with Crippen LogP contribution in [0.2, 0.25) is 0 Å². The number of hydrogen-bond donors (Lipinski definition) is 0. The minimum Gasteiger partial charge on any atom is -0.369 e. The Bertz CT molecular complexity index is 332. The van der Waals surface area contributed by atoms with Crippen molar-refractivity contribution in [3.05, 3.63) is 22.9 Å². The van der Waals surface area contributed by atoms with E-state index in [2.05, 4.69) is 50.6 Å². The first-order valence-corrected chi connectivity index (χ1v) is 7.11. The van der Waals surface area contributed by atoms with Crippen molar-refractivity contribution in [3.8, 4) is 0 Å². The zero-order valence-electron chi connectivity index (χ0n) is 8.82. The van der Waals surface area contributed by atoms with E-state index in [9.17, 15) is 0 Å². The monoisotopic (exact) mass is 286 g/mol. The molecular weight excluding hydrogens is 272 g/mol. The van der Waals surface area contributed by atoms with Crippen LogP contribution in [0.4, 0.5) is 5.69 Å². The Morgan fingerprint density at radius 3 is 3.27 bits per heavy atom. The lowest BCUT2D eigenvalue weighted by molar-refractivity contribution is 0.726. The fraction of sp³-hybridized carbons (Fsp3) is 0.545. The fourth-order valence-corrected chi connectivity index (χ4v) is 3.49. The molecule has 0 aromatic carbocycles. The molecule has 1 atom stereocenters. The lowest BCUT2D eigenvalue weighted by Crippen LogP contribution is -2.37. The van der Waals surface area contributed by atoms with Crippen LogP contribution in [0.1, 0.15) is 13.3 Å². The van der Waals surface area contributed by atoms with Crippen molar-refractivity contribution < 1.29 is 0 Å². The Kier molecular flexibility index (Phi) is 3.92. The molecule has 1 unspecified atom stereocenters. The van der Waals surface area contributed by atoms with Gasteiger partial charge in [0.15, 0.2) is 0 Å². The van der Waals surface area contributed by atoms with Crippen molar-refractivity contribution in [2.75, 3.05) is 23.7 Å². The van der Waals surface area contributed by atoms with Crippen molar-refractivity contribution in [2.24, 2.45) is 0 Å². The highest BCUT2D eigenvalue weighted by Gasteiger charge is 2.20. The molecule has 4 heteroatoms. The summed E-state index contributed by atoms with van der Waals surface area (Å²) < 4.78 is 1.10. The average Bonchev–Trinajstić information content (AvgIpc) is 2.30. The molecule has 0 spiro atoms. The molecule has 1 saturated heterocycles. The third-order valence-electron chi connectivity index (χ3n) is 2.69. The van der Waals surface area contributed by atoms with E-state index >= 15 is 0 Å². The summed E-state index contributed by atoms with van der Waals surface area (Å²) in [5.74, 6) is 1.23. The van der Waals surface area contributed by atoms with Crippen LogP contribution in [0, 0.1) is 0 Å². The Morgan fingerprint density at radius 1 is 1.67 bits per heavy atom.